The zero-order valence-electron chi connectivity index (χ0n) is 16.1. The normalized spacial score (nSPS) is 17.4. The number of hydrogen-bond donors (Lipinski definition) is 1. The summed E-state index contributed by atoms with van der Waals surface area (Å²) < 4.78 is 38.6. The zero-order valence-corrected chi connectivity index (χ0v) is 16.1. The number of aromatic nitrogens is 2. The Bertz CT molecular complexity index is 1090. The van der Waals surface area contributed by atoms with E-state index < -0.39 is 17.8 Å². The first-order chi connectivity index (χ1) is 14.3. The number of anilines is 1. The van der Waals surface area contributed by atoms with E-state index in [4.69, 9.17) is 0 Å². The molecule has 30 heavy (non-hydrogen) atoms. The summed E-state index contributed by atoms with van der Waals surface area (Å²) in [6.07, 6.45) is -5.35. The second-order valence-electron chi connectivity index (χ2n) is 7.26. The number of alkyl halides is 3. The van der Waals surface area contributed by atoms with E-state index in [9.17, 15) is 23.1 Å². The van der Waals surface area contributed by atoms with Crippen LogP contribution in [0.5, 0.6) is 0 Å². The molecular formula is C21H19F3N4O2. The van der Waals surface area contributed by atoms with Crippen molar-refractivity contribution in [3.63, 3.8) is 0 Å². The topological polar surface area (TPSA) is 69.6 Å². The van der Waals surface area contributed by atoms with Crippen LogP contribution in [-0.4, -0.2) is 52.0 Å². The van der Waals surface area contributed by atoms with Gasteiger partial charge in [-0.1, -0.05) is 36.4 Å². The standard InChI is InChI=1S/C21H19F3N4O2/c1-13-12-27(10-11-28(13)20(29)30)19-17-5-3-2-4-16(17)18(25-26-19)14-6-8-15(9-7-14)21(22,23)24/h2-9,13H,10-12H2,1H3,(H,29,30). The van der Waals surface area contributed by atoms with Crippen molar-refractivity contribution in [2.75, 3.05) is 24.5 Å². The van der Waals surface area contributed by atoms with Crippen LogP contribution in [0.25, 0.3) is 22.0 Å². The SMILES string of the molecule is CC1CN(c2nnc(-c3ccc(C(F)(F)F)cc3)c3ccccc23)CCN1C(=O)O. The van der Waals surface area contributed by atoms with Gasteiger partial charge in [0.25, 0.3) is 0 Å². The van der Waals surface area contributed by atoms with Crippen LogP contribution in [0.4, 0.5) is 23.8 Å². The molecule has 1 amide bonds. The number of rotatable bonds is 2. The van der Waals surface area contributed by atoms with E-state index in [1.54, 1.807) is 0 Å². The van der Waals surface area contributed by atoms with E-state index in [0.29, 0.717) is 36.7 Å². The number of fused-ring (bicyclic) bond motifs is 1. The van der Waals surface area contributed by atoms with Gasteiger partial charge >= 0.3 is 12.3 Å². The van der Waals surface area contributed by atoms with Crippen molar-refractivity contribution in [2.45, 2.75) is 19.1 Å². The number of carbonyl (C=O) groups is 1. The molecule has 0 saturated carbocycles. The first kappa shape index (κ1) is 19.9. The lowest BCUT2D eigenvalue weighted by Gasteiger charge is -2.39. The van der Waals surface area contributed by atoms with Crippen LogP contribution in [0, 0.1) is 0 Å². The third-order valence-corrected chi connectivity index (χ3v) is 5.33. The number of nitrogens with zero attached hydrogens (tertiary/aromatic N) is 4. The summed E-state index contributed by atoms with van der Waals surface area (Å²) in [7, 11) is 0. The molecule has 0 bridgehead atoms. The van der Waals surface area contributed by atoms with Gasteiger partial charge in [0.15, 0.2) is 5.82 Å². The lowest BCUT2D eigenvalue weighted by molar-refractivity contribution is -0.137. The maximum atomic E-state index is 12.9. The Labute approximate surface area is 170 Å². The van der Waals surface area contributed by atoms with Crippen LogP contribution in [0.3, 0.4) is 0 Å². The van der Waals surface area contributed by atoms with Gasteiger partial charge in [-0.25, -0.2) is 4.79 Å². The molecule has 0 aliphatic carbocycles. The van der Waals surface area contributed by atoms with Crippen LogP contribution in [-0.2, 0) is 6.18 Å². The van der Waals surface area contributed by atoms with Gasteiger partial charge in [0.1, 0.15) is 5.69 Å². The molecule has 9 heteroatoms. The van der Waals surface area contributed by atoms with Crippen LogP contribution in [0.15, 0.2) is 48.5 Å². The number of halogens is 3. The number of amides is 1. The molecule has 156 valence electrons. The number of carboxylic acid groups (broad SMARTS) is 1. The molecule has 6 nitrogen and oxygen atoms in total. The average molecular weight is 416 g/mol. The Morgan fingerprint density at radius 1 is 1.03 bits per heavy atom. The third kappa shape index (κ3) is 3.62. The van der Waals surface area contributed by atoms with E-state index in [1.807, 2.05) is 36.1 Å². The third-order valence-electron chi connectivity index (χ3n) is 5.33. The zero-order chi connectivity index (χ0) is 21.5. The van der Waals surface area contributed by atoms with Gasteiger partial charge in [-0.3, -0.25) is 0 Å². The minimum atomic E-state index is -4.40. The molecule has 0 radical (unpaired) electrons. The summed E-state index contributed by atoms with van der Waals surface area (Å²) >= 11 is 0. The van der Waals surface area contributed by atoms with Gasteiger partial charge in [0, 0.05) is 42.0 Å². The second-order valence-corrected chi connectivity index (χ2v) is 7.26. The summed E-state index contributed by atoms with van der Waals surface area (Å²) in [6.45, 7) is 3.15. The fraction of sp³-hybridized carbons (Fsp3) is 0.286. The smallest absolute Gasteiger partial charge is 0.416 e. The molecule has 3 aromatic rings. The lowest BCUT2D eigenvalue weighted by atomic mass is 10.0. The first-order valence-electron chi connectivity index (χ1n) is 9.43. The molecule has 1 saturated heterocycles. The monoisotopic (exact) mass is 416 g/mol. The van der Waals surface area contributed by atoms with Gasteiger partial charge in [-0.15, -0.1) is 10.2 Å². The van der Waals surface area contributed by atoms with Crippen LogP contribution in [0.1, 0.15) is 12.5 Å². The van der Waals surface area contributed by atoms with E-state index in [-0.39, 0.29) is 6.04 Å². The van der Waals surface area contributed by atoms with E-state index in [2.05, 4.69) is 10.2 Å². The summed E-state index contributed by atoms with van der Waals surface area (Å²) in [5.41, 5.74) is 0.327. The average Bonchev–Trinajstić information content (AvgIpc) is 2.72. The predicted octanol–water partition coefficient (Wildman–Crippen LogP) is 4.50. The molecular weight excluding hydrogens is 397 g/mol. The minimum absolute atomic E-state index is 0.202. The molecule has 1 aliphatic rings. The van der Waals surface area contributed by atoms with Gasteiger partial charge in [-0.2, -0.15) is 13.2 Å². The summed E-state index contributed by atoms with van der Waals surface area (Å²) in [4.78, 5) is 14.7. The highest BCUT2D eigenvalue weighted by Crippen LogP contribution is 2.34. The van der Waals surface area contributed by atoms with Crippen molar-refractivity contribution in [1.29, 1.82) is 0 Å². The fourth-order valence-electron chi connectivity index (χ4n) is 3.79. The van der Waals surface area contributed by atoms with E-state index >= 15 is 0 Å². The molecule has 1 unspecified atom stereocenters. The first-order valence-corrected chi connectivity index (χ1v) is 9.43. The largest absolute Gasteiger partial charge is 0.465 e. The van der Waals surface area contributed by atoms with E-state index in [1.165, 1.54) is 17.0 Å². The molecule has 0 spiro atoms. The van der Waals surface area contributed by atoms with Crippen molar-refractivity contribution in [1.82, 2.24) is 15.1 Å². The highest BCUT2D eigenvalue weighted by molar-refractivity contribution is 6.00. The minimum Gasteiger partial charge on any atom is -0.465 e. The summed E-state index contributed by atoms with van der Waals surface area (Å²) in [5, 5.41) is 19.6. The molecule has 2 aromatic carbocycles. The molecule has 1 aliphatic heterocycles. The maximum Gasteiger partial charge on any atom is 0.416 e. The summed E-state index contributed by atoms with van der Waals surface area (Å²) in [5.74, 6) is 0.637. The summed E-state index contributed by atoms with van der Waals surface area (Å²) in [6, 6.07) is 12.1. The van der Waals surface area contributed by atoms with Crippen molar-refractivity contribution < 1.29 is 23.1 Å². The lowest BCUT2D eigenvalue weighted by Crippen LogP contribution is -2.54. The predicted molar refractivity (Wildman–Crippen MR) is 106 cm³/mol. The molecule has 1 aromatic heterocycles. The van der Waals surface area contributed by atoms with Gasteiger partial charge in [0.05, 0.1) is 5.56 Å². The number of hydrogen-bond acceptors (Lipinski definition) is 4. The highest BCUT2D eigenvalue weighted by Gasteiger charge is 2.31. The highest BCUT2D eigenvalue weighted by atomic mass is 19.4. The van der Waals surface area contributed by atoms with Gasteiger partial charge in [-0.05, 0) is 19.1 Å². The maximum absolute atomic E-state index is 12.9. The molecule has 1 N–H and O–H groups in total. The van der Waals surface area contributed by atoms with Crippen molar-refractivity contribution in [3.8, 4) is 11.3 Å². The van der Waals surface area contributed by atoms with Gasteiger partial charge in [0.2, 0.25) is 0 Å². The Kier molecular flexibility index (Phi) is 4.97. The Hall–Kier alpha value is -3.36. The van der Waals surface area contributed by atoms with E-state index in [0.717, 1.165) is 22.9 Å². The Morgan fingerprint density at radius 2 is 1.70 bits per heavy atom. The van der Waals surface area contributed by atoms with Crippen LogP contribution >= 0.6 is 0 Å². The van der Waals surface area contributed by atoms with Gasteiger partial charge < -0.3 is 14.9 Å². The number of piperazine rings is 1. The van der Waals surface area contributed by atoms with Crippen molar-refractivity contribution in [3.05, 3.63) is 54.1 Å². The Morgan fingerprint density at radius 3 is 2.30 bits per heavy atom. The van der Waals surface area contributed by atoms with Crippen molar-refractivity contribution in [2.24, 2.45) is 0 Å². The van der Waals surface area contributed by atoms with Crippen molar-refractivity contribution >= 4 is 22.7 Å². The van der Waals surface area contributed by atoms with Crippen LogP contribution < -0.4 is 4.90 Å². The molecule has 1 fully saturated rings. The Balaban J connectivity index is 1.72. The quantitative estimate of drug-likeness (QED) is 0.666. The number of benzene rings is 2. The molecule has 1 atom stereocenters. The molecule has 2 heterocycles. The van der Waals surface area contributed by atoms with Crippen LogP contribution in [0.2, 0.25) is 0 Å². The fourth-order valence-corrected chi connectivity index (χ4v) is 3.79. The molecule has 4 rings (SSSR count). The second kappa shape index (κ2) is 7.47.